The van der Waals surface area contributed by atoms with Crippen molar-refractivity contribution in [2.75, 3.05) is 0 Å². The predicted octanol–water partition coefficient (Wildman–Crippen LogP) is 7.26. The van der Waals surface area contributed by atoms with Crippen LogP contribution in [0.4, 0.5) is 0 Å². The van der Waals surface area contributed by atoms with E-state index in [0.29, 0.717) is 27.5 Å². The summed E-state index contributed by atoms with van der Waals surface area (Å²) in [6, 6.07) is 9.07. The summed E-state index contributed by atoms with van der Waals surface area (Å²) in [6.07, 6.45) is 4.41. The summed E-state index contributed by atoms with van der Waals surface area (Å²) >= 11 is 12.9. The minimum absolute atomic E-state index is 0.0624. The lowest BCUT2D eigenvalue weighted by atomic mass is 9.86. The zero-order valence-electron chi connectivity index (χ0n) is 16.8. The average molecular weight is 451 g/mol. The van der Waals surface area contributed by atoms with Gasteiger partial charge in [-0.3, -0.25) is 9.78 Å². The van der Waals surface area contributed by atoms with Gasteiger partial charge in [-0.15, -0.1) is 11.3 Å². The molecule has 0 bridgehead atoms. The molecule has 0 aliphatic heterocycles. The van der Waals surface area contributed by atoms with Crippen molar-refractivity contribution >= 4 is 40.3 Å². The van der Waals surface area contributed by atoms with Crippen molar-refractivity contribution in [3.63, 3.8) is 0 Å². The maximum atomic E-state index is 11.2. The Morgan fingerprint density at radius 2 is 1.97 bits per heavy atom. The van der Waals surface area contributed by atoms with Crippen molar-refractivity contribution in [1.82, 2.24) is 9.97 Å². The number of carbonyl (C=O) groups excluding carboxylic acids is 1. The fourth-order valence-electron chi connectivity index (χ4n) is 3.01. The van der Waals surface area contributed by atoms with Gasteiger partial charge in [-0.2, -0.15) is 0 Å². The lowest BCUT2D eigenvalue weighted by Crippen LogP contribution is -2.05. The molecule has 2 aromatic heterocycles. The Bertz CT molecular complexity index is 959. The maximum Gasteiger partial charge on any atom is 0.172 e. The molecular weight excluding hydrogens is 427 g/mol. The number of phenolic OH excluding ortho intramolecular Hbond substituents is 1. The van der Waals surface area contributed by atoms with Crippen LogP contribution in [0, 0.1) is 5.92 Å². The van der Waals surface area contributed by atoms with Crippen LogP contribution in [-0.2, 0) is 0 Å². The van der Waals surface area contributed by atoms with Crippen molar-refractivity contribution < 1.29 is 9.90 Å². The zero-order chi connectivity index (χ0) is 21.6. The number of Topliss-reactive ketones (excluding diaryl/α,β-unsaturated/α-hetero) is 1. The second-order valence-electron chi connectivity index (χ2n) is 6.90. The summed E-state index contributed by atoms with van der Waals surface area (Å²) in [5.41, 5.74) is 1.88. The monoisotopic (exact) mass is 450 g/mol. The Morgan fingerprint density at radius 1 is 1.24 bits per heavy atom. The highest BCUT2D eigenvalue weighted by Crippen LogP contribution is 2.35. The van der Waals surface area contributed by atoms with E-state index in [1.807, 2.05) is 24.3 Å². The van der Waals surface area contributed by atoms with E-state index in [1.54, 1.807) is 18.5 Å². The third kappa shape index (κ3) is 6.26. The van der Waals surface area contributed by atoms with Crippen molar-refractivity contribution in [2.24, 2.45) is 5.92 Å². The van der Waals surface area contributed by atoms with Gasteiger partial charge >= 0.3 is 0 Å². The van der Waals surface area contributed by atoms with Gasteiger partial charge in [0, 0.05) is 29.9 Å². The predicted molar refractivity (Wildman–Crippen MR) is 121 cm³/mol. The summed E-state index contributed by atoms with van der Waals surface area (Å²) in [4.78, 5) is 19.8. The van der Waals surface area contributed by atoms with Crippen LogP contribution in [-0.4, -0.2) is 20.9 Å². The van der Waals surface area contributed by atoms with Gasteiger partial charge in [0.15, 0.2) is 10.9 Å². The molecule has 1 atom stereocenters. The summed E-state index contributed by atoms with van der Waals surface area (Å²) < 4.78 is 0. The van der Waals surface area contributed by atoms with Crippen LogP contribution < -0.4 is 0 Å². The van der Waals surface area contributed by atoms with E-state index in [1.165, 1.54) is 18.3 Å². The van der Waals surface area contributed by atoms with Gasteiger partial charge < -0.3 is 5.11 Å². The van der Waals surface area contributed by atoms with Crippen LogP contribution in [0.25, 0.3) is 10.6 Å². The van der Waals surface area contributed by atoms with Crippen LogP contribution in [0.2, 0.25) is 10.2 Å². The third-order valence-electron chi connectivity index (χ3n) is 4.45. The van der Waals surface area contributed by atoms with Gasteiger partial charge in [-0.25, -0.2) is 4.98 Å². The number of aromatic hydroxyl groups is 1. The molecule has 29 heavy (non-hydrogen) atoms. The van der Waals surface area contributed by atoms with E-state index in [9.17, 15) is 9.90 Å². The first-order chi connectivity index (χ1) is 13.7. The number of carbonyl (C=O) groups is 1. The molecule has 1 N–H and O–H groups in total. The second-order valence-corrected chi connectivity index (χ2v) is 8.69. The minimum Gasteiger partial charge on any atom is -0.508 e. The van der Waals surface area contributed by atoms with Crippen molar-refractivity contribution in [1.29, 1.82) is 0 Å². The van der Waals surface area contributed by atoms with E-state index in [2.05, 4.69) is 30.7 Å². The smallest absolute Gasteiger partial charge is 0.172 e. The molecule has 0 spiro atoms. The molecule has 0 amide bonds. The number of nitrogens with zero attached hydrogens (tertiary/aromatic N) is 2. The van der Waals surface area contributed by atoms with Crippen LogP contribution in [0.5, 0.6) is 5.75 Å². The van der Waals surface area contributed by atoms with Gasteiger partial charge in [0.05, 0.1) is 0 Å². The van der Waals surface area contributed by atoms with E-state index in [-0.39, 0.29) is 10.9 Å². The van der Waals surface area contributed by atoms with Crippen molar-refractivity contribution in [3.8, 4) is 16.3 Å². The van der Waals surface area contributed by atoms with E-state index < -0.39 is 0 Å². The zero-order valence-corrected chi connectivity index (χ0v) is 19.1. The molecule has 0 fully saturated rings. The molecule has 0 saturated heterocycles. The van der Waals surface area contributed by atoms with Crippen molar-refractivity contribution in [3.05, 3.63) is 63.3 Å². The molecule has 3 aromatic rings. The molecule has 7 heteroatoms. The molecule has 0 radical (unpaired) electrons. The number of rotatable bonds is 5. The third-order valence-corrected chi connectivity index (χ3v) is 6.28. The molecule has 0 aliphatic carbocycles. The summed E-state index contributed by atoms with van der Waals surface area (Å²) in [6.45, 7) is 7.95. The molecule has 2 heterocycles. The van der Waals surface area contributed by atoms with E-state index >= 15 is 0 Å². The minimum atomic E-state index is -0.0624. The Balaban J connectivity index is 0.000000208. The van der Waals surface area contributed by atoms with Gasteiger partial charge in [0.25, 0.3) is 0 Å². The normalized spacial score (nSPS) is 11.7. The maximum absolute atomic E-state index is 11.2. The largest absolute Gasteiger partial charge is 0.508 e. The standard InChI is InChI=1S/C12H17ClO.C10H7ClN2OS/c1-4-10(8(2)3)11-6-5-9(13)7-12(11)14;1-6(14)8-9(11)13-10(15-8)7-3-2-4-12-5-7/h5-8,10,14H,4H2,1-3H3;2-5H,1H3. The topological polar surface area (TPSA) is 63.1 Å². The number of hydrogen-bond acceptors (Lipinski definition) is 5. The first-order valence-corrected chi connectivity index (χ1v) is 10.9. The molecule has 3 rings (SSSR count). The molecular formula is C22H24Cl2N2O2S. The highest BCUT2D eigenvalue weighted by molar-refractivity contribution is 7.17. The lowest BCUT2D eigenvalue weighted by molar-refractivity contribution is 0.102. The number of pyridine rings is 1. The SMILES string of the molecule is CC(=O)c1sc(-c2cccnc2)nc1Cl.CCC(c1ccc(Cl)cc1O)C(C)C. The van der Waals surface area contributed by atoms with Crippen LogP contribution in [0.3, 0.4) is 0 Å². The lowest BCUT2D eigenvalue weighted by Gasteiger charge is -2.20. The summed E-state index contributed by atoms with van der Waals surface area (Å²) in [7, 11) is 0. The Morgan fingerprint density at radius 3 is 2.45 bits per heavy atom. The molecule has 0 aliphatic rings. The van der Waals surface area contributed by atoms with Gasteiger partial charge in [0.2, 0.25) is 0 Å². The highest BCUT2D eigenvalue weighted by atomic mass is 35.5. The first kappa shape index (κ1) is 23.3. The average Bonchev–Trinajstić information content (AvgIpc) is 3.07. The van der Waals surface area contributed by atoms with Crippen LogP contribution >= 0.6 is 34.5 Å². The number of thiazole rings is 1. The van der Waals surface area contributed by atoms with Gasteiger partial charge in [-0.05, 0) is 48.1 Å². The van der Waals surface area contributed by atoms with Crippen molar-refractivity contribution in [2.45, 2.75) is 40.0 Å². The summed E-state index contributed by atoms with van der Waals surface area (Å²) in [5.74, 6) is 1.20. The number of halogens is 2. The van der Waals surface area contributed by atoms with Gasteiger partial charge in [0.1, 0.15) is 15.6 Å². The summed E-state index contributed by atoms with van der Waals surface area (Å²) in [5, 5.41) is 11.3. The van der Waals surface area contributed by atoms with Crippen LogP contribution in [0.15, 0.2) is 42.7 Å². The molecule has 154 valence electrons. The first-order valence-electron chi connectivity index (χ1n) is 9.30. The number of aromatic nitrogens is 2. The fraction of sp³-hybridized carbons (Fsp3) is 0.318. The van der Waals surface area contributed by atoms with E-state index in [4.69, 9.17) is 23.2 Å². The Kier molecular flexibility index (Phi) is 8.62. The molecule has 0 saturated carbocycles. The Hall–Kier alpha value is -1.95. The molecule has 4 nitrogen and oxygen atoms in total. The number of ketones is 1. The second kappa shape index (κ2) is 10.7. The number of benzene rings is 1. The Labute approximate surface area is 185 Å². The quantitative estimate of drug-likeness (QED) is 0.415. The number of hydrogen-bond donors (Lipinski definition) is 1. The molecule has 1 unspecified atom stereocenters. The highest BCUT2D eigenvalue weighted by Gasteiger charge is 2.17. The van der Waals surface area contributed by atoms with Crippen LogP contribution in [0.1, 0.15) is 55.3 Å². The number of phenols is 1. The molecule has 1 aromatic carbocycles. The van der Waals surface area contributed by atoms with Gasteiger partial charge in [-0.1, -0.05) is 50.0 Å². The van der Waals surface area contributed by atoms with E-state index in [0.717, 1.165) is 22.6 Å². The fourth-order valence-corrected chi connectivity index (χ4v) is 4.40.